The summed E-state index contributed by atoms with van der Waals surface area (Å²) >= 11 is 3.42. The molecule has 0 heterocycles. The number of anilines is 1. The molecule has 0 radical (unpaired) electrons. The predicted octanol–water partition coefficient (Wildman–Crippen LogP) is 3.60. The molecule has 0 atom stereocenters. The minimum absolute atomic E-state index is 0.185. The van der Waals surface area contributed by atoms with Gasteiger partial charge >= 0.3 is 11.8 Å². The van der Waals surface area contributed by atoms with Crippen LogP contribution in [0.15, 0.2) is 70.2 Å². The standard InChI is InChI=1S/C28H29BrN4O6/c1-18-13-21(8-9-23(18)29)32-26(34)17-39-22-6-4-5-20(14-22)16-31-33-28(36)27(35)30-12-11-19-7-10-24(37-2)25(15-19)38-3/h4-10,13-16H,11-12,17H2,1-3H3,(H,30,35)(H,32,34)(H,33,36)/b31-16-. The Hall–Kier alpha value is -4.38. The Morgan fingerprint density at radius 3 is 2.49 bits per heavy atom. The molecular weight excluding hydrogens is 568 g/mol. The van der Waals surface area contributed by atoms with E-state index in [1.54, 1.807) is 50.6 Å². The smallest absolute Gasteiger partial charge is 0.329 e. The second-order valence-corrected chi connectivity index (χ2v) is 9.12. The number of nitrogens with zero attached hydrogens (tertiary/aromatic N) is 1. The van der Waals surface area contributed by atoms with Gasteiger partial charge in [0.15, 0.2) is 18.1 Å². The number of hydrogen-bond acceptors (Lipinski definition) is 7. The number of aryl methyl sites for hydroxylation is 1. The lowest BCUT2D eigenvalue weighted by Gasteiger charge is -2.10. The zero-order valence-corrected chi connectivity index (χ0v) is 23.3. The topological polar surface area (TPSA) is 127 Å². The molecule has 3 amide bonds. The minimum atomic E-state index is -0.897. The lowest BCUT2D eigenvalue weighted by Crippen LogP contribution is -2.38. The molecule has 3 N–H and O–H groups in total. The van der Waals surface area contributed by atoms with E-state index in [0.29, 0.717) is 34.9 Å². The van der Waals surface area contributed by atoms with Gasteiger partial charge in [0.2, 0.25) is 0 Å². The number of hydrogen-bond donors (Lipinski definition) is 3. The molecule has 204 valence electrons. The van der Waals surface area contributed by atoms with Gasteiger partial charge in [0.25, 0.3) is 5.91 Å². The SMILES string of the molecule is COc1ccc(CCNC(=O)C(=O)N/N=C\c2cccc(OCC(=O)Nc3ccc(Br)c(C)c3)c2)cc1OC. The first kappa shape index (κ1) is 29.2. The molecule has 0 aliphatic carbocycles. The van der Waals surface area contributed by atoms with Crippen molar-refractivity contribution in [1.82, 2.24) is 10.7 Å². The predicted molar refractivity (Wildman–Crippen MR) is 151 cm³/mol. The number of halogens is 1. The van der Waals surface area contributed by atoms with Crippen LogP contribution >= 0.6 is 15.9 Å². The van der Waals surface area contributed by atoms with Crippen molar-refractivity contribution < 1.29 is 28.6 Å². The van der Waals surface area contributed by atoms with Gasteiger partial charge in [0.05, 0.1) is 20.4 Å². The third kappa shape index (κ3) is 9.15. The van der Waals surface area contributed by atoms with Crippen molar-refractivity contribution in [2.24, 2.45) is 5.10 Å². The van der Waals surface area contributed by atoms with Gasteiger partial charge in [-0.1, -0.05) is 34.1 Å². The quantitative estimate of drug-likeness (QED) is 0.176. The molecule has 10 nitrogen and oxygen atoms in total. The molecule has 3 aromatic carbocycles. The van der Waals surface area contributed by atoms with Crippen molar-refractivity contribution in [3.63, 3.8) is 0 Å². The summed E-state index contributed by atoms with van der Waals surface area (Å²) in [7, 11) is 3.10. The van der Waals surface area contributed by atoms with E-state index in [1.807, 2.05) is 31.2 Å². The summed E-state index contributed by atoms with van der Waals surface area (Å²) in [4.78, 5) is 36.3. The van der Waals surface area contributed by atoms with E-state index < -0.39 is 11.8 Å². The lowest BCUT2D eigenvalue weighted by atomic mass is 10.1. The highest BCUT2D eigenvalue weighted by molar-refractivity contribution is 9.10. The molecular formula is C28H29BrN4O6. The molecule has 0 aliphatic heterocycles. The summed E-state index contributed by atoms with van der Waals surface area (Å²) in [6, 6.07) is 17.7. The normalized spacial score (nSPS) is 10.6. The average Bonchev–Trinajstić information content (AvgIpc) is 2.94. The third-order valence-electron chi connectivity index (χ3n) is 5.40. The molecule has 0 fully saturated rings. The molecule has 11 heteroatoms. The number of rotatable bonds is 11. The van der Waals surface area contributed by atoms with Gasteiger partial charge in [-0.25, -0.2) is 5.43 Å². The number of ether oxygens (including phenoxy) is 3. The van der Waals surface area contributed by atoms with Crippen molar-refractivity contribution >= 4 is 45.6 Å². The summed E-state index contributed by atoms with van der Waals surface area (Å²) in [6.45, 7) is 2.00. The molecule has 3 rings (SSSR count). The summed E-state index contributed by atoms with van der Waals surface area (Å²) in [5, 5.41) is 9.15. The molecule has 39 heavy (non-hydrogen) atoms. The Morgan fingerprint density at radius 2 is 1.74 bits per heavy atom. The van der Waals surface area contributed by atoms with Gasteiger partial charge in [-0.05, 0) is 72.5 Å². The van der Waals surface area contributed by atoms with Gasteiger partial charge in [-0.3, -0.25) is 14.4 Å². The lowest BCUT2D eigenvalue weighted by molar-refractivity contribution is -0.139. The first-order valence-corrected chi connectivity index (χ1v) is 12.7. The number of nitrogens with one attached hydrogen (secondary N) is 3. The van der Waals surface area contributed by atoms with Gasteiger partial charge in [-0.2, -0.15) is 5.10 Å². The van der Waals surface area contributed by atoms with Gasteiger partial charge in [-0.15, -0.1) is 0 Å². The van der Waals surface area contributed by atoms with Crippen molar-refractivity contribution in [1.29, 1.82) is 0 Å². The van der Waals surface area contributed by atoms with E-state index in [1.165, 1.54) is 6.21 Å². The largest absolute Gasteiger partial charge is 0.493 e. The van der Waals surface area contributed by atoms with Gasteiger partial charge in [0.1, 0.15) is 5.75 Å². The Kier molecular flexibility index (Phi) is 10.9. The number of carbonyl (C=O) groups is 3. The maximum absolute atomic E-state index is 12.2. The molecule has 0 unspecified atom stereocenters. The van der Waals surface area contributed by atoms with Crippen LogP contribution in [0.1, 0.15) is 16.7 Å². The highest BCUT2D eigenvalue weighted by Gasteiger charge is 2.12. The summed E-state index contributed by atoms with van der Waals surface area (Å²) < 4.78 is 17.0. The molecule has 0 saturated carbocycles. The van der Waals surface area contributed by atoms with Crippen molar-refractivity contribution in [3.05, 3.63) is 81.8 Å². The van der Waals surface area contributed by atoms with Crippen LogP contribution in [0.25, 0.3) is 0 Å². The van der Waals surface area contributed by atoms with Crippen molar-refractivity contribution in [3.8, 4) is 17.2 Å². The molecule has 0 bridgehead atoms. The first-order chi connectivity index (χ1) is 18.8. The van der Waals surface area contributed by atoms with E-state index in [4.69, 9.17) is 14.2 Å². The van der Waals surface area contributed by atoms with Crippen LogP contribution in [0.3, 0.4) is 0 Å². The number of benzene rings is 3. The molecule has 3 aromatic rings. The fourth-order valence-corrected chi connectivity index (χ4v) is 3.65. The van der Waals surface area contributed by atoms with Crippen LogP contribution in [0.5, 0.6) is 17.2 Å². The molecule has 0 aromatic heterocycles. The fourth-order valence-electron chi connectivity index (χ4n) is 3.41. The number of amides is 3. The molecule has 0 aliphatic rings. The highest BCUT2D eigenvalue weighted by atomic mass is 79.9. The van der Waals surface area contributed by atoms with E-state index >= 15 is 0 Å². The highest BCUT2D eigenvalue weighted by Crippen LogP contribution is 2.27. The van der Waals surface area contributed by atoms with E-state index in [2.05, 4.69) is 37.1 Å². The molecule has 0 saturated heterocycles. The third-order valence-corrected chi connectivity index (χ3v) is 6.29. The maximum atomic E-state index is 12.2. The van der Waals surface area contributed by atoms with Crippen LogP contribution in [-0.4, -0.2) is 51.3 Å². The Bertz CT molecular complexity index is 1360. The van der Waals surface area contributed by atoms with E-state index in [0.717, 1.165) is 15.6 Å². The van der Waals surface area contributed by atoms with Gasteiger partial charge in [0, 0.05) is 16.7 Å². The van der Waals surface area contributed by atoms with Gasteiger partial charge < -0.3 is 24.8 Å². The Balaban J connectivity index is 1.42. The fraction of sp³-hybridized carbons (Fsp3) is 0.214. The second kappa shape index (κ2) is 14.5. The Labute approximate surface area is 234 Å². The summed E-state index contributed by atoms with van der Waals surface area (Å²) in [5.41, 5.74) is 5.38. The minimum Gasteiger partial charge on any atom is -0.493 e. The van der Waals surface area contributed by atoms with Crippen LogP contribution in [0.2, 0.25) is 0 Å². The Morgan fingerprint density at radius 1 is 0.949 bits per heavy atom. The average molecular weight is 597 g/mol. The zero-order chi connectivity index (χ0) is 28.2. The van der Waals surface area contributed by atoms with Crippen LogP contribution in [0, 0.1) is 6.92 Å². The van der Waals surface area contributed by atoms with Crippen LogP contribution in [0.4, 0.5) is 5.69 Å². The van der Waals surface area contributed by atoms with Crippen molar-refractivity contribution in [2.45, 2.75) is 13.3 Å². The maximum Gasteiger partial charge on any atom is 0.329 e. The summed E-state index contributed by atoms with van der Waals surface area (Å²) in [5.74, 6) is -0.373. The number of methoxy groups -OCH3 is 2. The number of carbonyl (C=O) groups excluding carboxylic acids is 3. The van der Waals surface area contributed by atoms with Crippen molar-refractivity contribution in [2.75, 3.05) is 32.7 Å². The second-order valence-electron chi connectivity index (χ2n) is 8.27. The molecule has 0 spiro atoms. The van der Waals surface area contributed by atoms with Crippen LogP contribution < -0.4 is 30.3 Å². The van der Waals surface area contributed by atoms with E-state index in [9.17, 15) is 14.4 Å². The first-order valence-electron chi connectivity index (χ1n) is 11.9. The monoisotopic (exact) mass is 596 g/mol. The number of hydrazone groups is 1. The zero-order valence-electron chi connectivity index (χ0n) is 21.7. The summed E-state index contributed by atoms with van der Waals surface area (Å²) in [6.07, 6.45) is 1.86. The van der Waals surface area contributed by atoms with E-state index in [-0.39, 0.29) is 19.1 Å². The van der Waals surface area contributed by atoms with Crippen LogP contribution in [-0.2, 0) is 20.8 Å².